The highest BCUT2D eigenvalue weighted by molar-refractivity contribution is 9.10. The van der Waals surface area contributed by atoms with Crippen molar-refractivity contribution in [2.45, 2.75) is 37.7 Å². The number of nitrogens with one attached hydrogen (secondary N) is 1. The van der Waals surface area contributed by atoms with Crippen LogP contribution in [0.2, 0.25) is 10.0 Å². The molecule has 178 valence electrons. The molecule has 0 saturated heterocycles. The standard InChI is InChI=1S/C23H18BrCl2F3N4S/c1-12-18(20-31-32-21(34-20)22(9-2-10-22)23(27,28)29)30-19(16-8-5-14(25)11-17(16)26)33(12)15-6-3-13(24)4-7-15/h3-8,11,21,32H,2,9-10H2,1H3. The molecule has 0 spiro atoms. The third-order valence-corrected chi connectivity index (χ3v) is 8.77. The molecule has 2 aliphatic rings. The summed E-state index contributed by atoms with van der Waals surface area (Å²) in [7, 11) is 0. The second kappa shape index (κ2) is 8.76. The van der Waals surface area contributed by atoms with E-state index in [9.17, 15) is 13.2 Å². The predicted molar refractivity (Wildman–Crippen MR) is 135 cm³/mol. The van der Waals surface area contributed by atoms with Gasteiger partial charge >= 0.3 is 6.18 Å². The first-order valence-electron chi connectivity index (χ1n) is 10.5. The molecule has 5 rings (SSSR count). The number of imidazole rings is 1. The van der Waals surface area contributed by atoms with Crippen LogP contribution in [0.1, 0.15) is 30.7 Å². The molecule has 1 unspecified atom stereocenters. The Morgan fingerprint density at radius 1 is 1.15 bits per heavy atom. The van der Waals surface area contributed by atoms with E-state index in [4.69, 9.17) is 28.2 Å². The van der Waals surface area contributed by atoms with Crippen LogP contribution in [-0.2, 0) is 0 Å². The molecular formula is C23H18BrCl2F3N4S. The highest BCUT2D eigenvalue weighted by Crippen LogP contribution is 2.58. The first-order chi connectivity index (χ1) is 16.1. The minimum absolute atomic E-state index is 0.0991. The van der Waals surface area contributed by atoms with Gasteiger partial charge in [0.25, 0.3) is 0 Å². The molecule has 1 N–H and O–H groups in total. The van der Waals surface area contributed by atoms with Gasteiger partial charge in [-0.05, 0) is 62.2 Å². The fourth-order valence-electron chi connectivity index (χ4n) is 4.34. The van der Waals surface area contributed by atoms with E-state index in [0.717, 1.165) is 27.6 Å². The fraction of sp³-hybridized carbons (Fsp3) is 0.304. The van der Waals surface area contributed by atoms with Gasteiger partial charge in [0.15, 0.2) is 0 Å². The second-order valence-electron chi connectivity index (χ2n) is 8.36. The number of aromatic nitrogens is 2. The lowest BCUT2D eigenvalue weighted by Crippen LogP contribution is -2.54. The van der Waals surface area contributed by atoms with Crippen LogP contribution >= 0.6 is 50.9 Å². The van der Waals surface area contributed by atoms with Crippen molar-refractivity contribution < 1.29 is 13.2 Å². The van der Waals surface area contributed by atoms with Crippen molar-refractivity contribution in [1.29, 1.82) is 0 Å². The molecule has 1 aliphatic carbocycles. The highest BCUT2D eigenvalue weighted by Gasteiger charge is 2.64. The van der Waals surface area contributed by atoms with Gasteiger partial charge in [-0.25, -0.2) is 4.98 Å². The van der Waals surface area contributed by atoms with E-state index < -0.39 is 17.0 Å². The number of nitrogens with zero attached hydrogens (tertiary/aromatic N) is 3. The zero-order valence-corrected chi connectivity index (χ0v) is 21.7. The summed E-state index contributed by atoms with van der Waals surface area (Å²) in [6.45, 7) is 1.87. The maximum atomic E-state index is 13.9. The molecule has 1 aliphatic heterocycles. The molecule has 1 aromatic heterocycles. The molecule has 2 heterocycles. The molecule has 0 bridgehead atoms. The van der Waals surface area contributed by atoms with Gasteiger partial charge in [0.1, 0.15) is 21.9 Å². The van der Waals surface area contributed by atoms with Crippen LogP contribution in [0.5, 0.6) is 0 Å². The predicted octanol–water partition coefficient (Wildman–Crippen LogP) is 7.97. The van der Waals surface area contributed by atoms with E-state index in [1.807, 2.05) is 35.8 Å². The lowest BCUT2D eigenvalue weighted by Gasteiger charge is -2.46. The van der Waals surface area contributed by atoms with E-state index >= 15 is 0 Å². The van der Waals surface area contributed by atoms with E-state index in [1.165, 1.54) is 0 Å². The summed E-state index contributed by atoms with van der Waals surface area (Å²) in [6, 6.07) is 12.8. The van der Waals surface area contributed by atoms with Crippen molar-refractivity contribution in [1.82, 2.24) is 15.0 Å². The highest BCUT2D eigenvalue weighted by atomic mass is 79.9. The molecule has 2 aromatic carbocycles. The smallest absolute Gasteiger partial charge is 0.296 e. The van der Waals surface area contributed by atoms with E-state index in [2.05, 4.69) is 26.5 Å². The number of rotatable bonds is 4. The Bertz CT molecular complexity index is 1290. The molecule has 1 atom stereocenters. The number of thioether (sulfide) groups is 1. The summed E-state index contributed by atoms with van der Waals surface area (Å²) in [5.41, 5.74) is 3.72. The quantitative estimate of drug-likeness (QED) is 0.335. The largest absolute Gasteiger partial charge is 0.397 e. The maximum absolute atomic E-state index is 13.9. The van der Waals surface area contributed by atoms with Crippen LogP contribution in [0.15, 0.2) is 52.0 Å². The molecular weight excluding hydrogens is 572 g/mol. The van der Waals surface area contributed by atoms with Crippen molar-refractivity contribution in [3.63, 3.8) is 0 Å². The van der Waals surface area contributed by atoms with Gasteiger partial charge in [0.05, 0.1) is 16.1 Å². The molecule has 4 nitrogen and oxygen atoms in total. The number of alkyl halides is 3. The maximum Gasteiger partial charge on any atom is 0.397 e. The Balaban J connectivity index is 1.59. The Morgan fingerprint density at radius 2 is 1.85 bits per heavy atom. The van der Waals surface area contributed by atoms with E-state index in [0.29, 0.717) is 38.6 Å². The third kappa shape index (κ3) is 3.94. The average Bonchev–Trinajstić information content (AvgIpc) is 3.32. The zero-order chi connectivity index (χ0) is 24.3. The SMILES string of the molecule is Cc1c(C2=NNC(C3(C(F)(F)F)CCC3)S2)nc(-c2ccc(Cl)cc2Cl)n1-c1ccc(Br)cc1. The second-order valence-corrected chi connectivity index (χ2v) is 11.2. The van der Waals surface area contributed by atoms with Crippen LogP contribution in [0.25, 0.3) is 17.1 Å². The first-order valence-corrected chi connectivity index (χ1v) is 12.9. The summed E-state index contributed by atoms with van der Waals surface area (Å²) in [5, 5.41) is 4.76. The monoisotopic (exact) mass is 588 g/mol. The third-order valence-electron chi connectivity index (χ3n) is 6.39. The number of halogens is 6. The van der Waals surface area contributed by atoms with E-state index in [1.54, 1.807) is 18.2 Å². The first kappa shape index (κ1) is 24.0. The van der Waals surface area contributed by atoms with Gasteiger partial charge in [-0.15, -0.1) is 0 Å². The van der Waals surface area contributed by atoms with Gasteiger partial charge in [0.2, 0.25) is 0 Å². The summed E-state index contributed by atoms with van der Waals surface area (Å²) in [5.74, 6) is 0.553. The molecule has 1 fully saturated rings. The van der Waals surface area contributed by atoms with Crippen molar-refractivity contribution >= 4 is 55.9 Å². The van der Waals surface area contributed by atoms with Gasteiger partial charge in [-0.2, -0.15) is 18.3 Å². The summed E-state index contributed by atoms with van der Waals surface area (Å²) in [6.07, 6.45) is -3.54. The number of hydrazone groups is 1. The van der Waals surface area contributed by atoms with Gasteiger partial charge in [-0.3, -0.25) is 9.99 Å². The van der Waals surface area contributed by atoms with Crippen molar-refractivity contribution in [2.75, 3.05) is 0 Å². The summed E-state index contributed by atoms with van der Waals surface area (Å²) >= 11 is 17.1. The summed E-state index contributed by atoms with van der Waals surface area (Å²) in [4.78, 5) is 4.82. The molecule has 0 amide bonds. The number of benzene rings is 2. The van der Waals surface area contributed by atoms with Crippen LogP contribution in [0.4, 0.5) is 13.2 Å². The van der Waals surface area contributed by atoms with Crippen LogP contribution in [0.3, 0.4) is 0 Å². The minimum Gasteiger partial charge on any atom is -0.296 e. The normalized spacial score (nSPS) is 19.5. The molecule has 3 aromatic rings. The number of hydrogen-bond donors (Lipinski definition) is 1. The van der Waals surface area contributed by atoms with Gasteiger partial charge < -0.3 is 0 Å². The van der Waals surface area contributed by atoms with Crippen molar-refractivity contribution in [3.8, 4) is 17.1 Å². The van der Waals surface area contributed by atoms with Crippen molar-refractivity contribution in [2.24, 2.45) is 10.5 Å². The number of hydrogen-bond acceptors (Lipinski definition) is 4. The molecule has 1 saturated carbocycles. The van der Waals surface area contributed by atoms with E-state index in [-0.39, 0.29) is 12.8 Å². The van der Waals surface area contributed by atoms with Gasteiger partial charge in [-0.1, -0.05) is 57.3 Å². The lowest BCUT2D eigenvalue weighted by atomic mass is 9.68. The Hall–Kier alpha value is -1.68. The van der Waals surface area contributed by atoms with Gasteiger partial charge in [0, 0.05) is 20.7 Å². The summed E-state index contributed by atoms with van der Waals surface area (Å²) < 4.78 is 44.5. The fourth-order valence-corrected chi connectivity index (χ4v) is 6.43. The van der Waals surface area contributed by atoms with Crippen LogP contribution in [0, 0.1) is 12.3 Å². The van der Waals surface area contributed by atoms with Crippen molar-refractivity contribution in [3.05, 3.63) is 68.4 Å². The lowest BCUT2D eigenvalue weighted by molar-refractivity contribution is -0.252. The molecule has 0 radical (unpaired) electrons. The average molecular weight is 590 g/mol. The molecule has 34 heavy (non-hydrogen) atoms. The van der Waals surface area contributed by atoms with Crippen LogP contribution in [-0.4, -0.2) is 26.1 Å². The minimum atomic E-state index is -4.30. The van der Waals surface area contributed by atoms with Crippen LogP contribution < -0.4 is 5.43 Å². The Morgan fingerprint density at radius 3 is 2.44 bits per heavy atom. The Kier molecular flexibility index (Phi) is 6.19. The zero-order valence-electron chi connectivity index (χ0n) is 17.8. The Labute approximate surface area is 217 Å². The molecule has 11 heteroatoms. The topological polar surface area (TPSA) is 42.2 Å².